The van der Waals surface area contributed by atoms with Crippen LogP contribution in [0.4, 0.5) is 4.79 Å². The van der Waals surface area contributed by atoms with Gasteiger partial charge in [-0.2, -0.15) is 4.80 Å². The monoisotopic (exact) mass is 364 g/mol. The van der Waals surface area contributed by atoms with Crippen LogP contribution in [0.25, 0.3) is 11.4 Å². The molecule has 114 valence electrons. The highest BCUT2D eigenvalue weighted by Crippen LogP contribution is 2.18. The zero-order valence-corrected chi connectivity index (χ0v) is 13.3. The van der Waals surface area contributed by atoms with E-state index in [1.54, 1.807) is 6.92 Å². The van der Waals surface area contributed by atoms with E-state index in [0.717, 1.165) is 14.9 Å². The summed E-state index contributed by atoms with van der Waals surface area (Å²) >= 11 is 3.36. The second-order valence-electron chi connectivity index (χ2n) is 4.84. The molecular formula is C13H13BrN6O2. The van der Waals surface area contributed by atoms with E-state index in [4.69, 9.17) is 0 Å². The number of carbonyl (C=O) groups is 2. The number of halogens is 1. The highest BCUT2D eigenvalue weighted by atomic mass is 79.9. The molecule has 2 heterocycles. The zero-order valence-electron chi connectivity index (χ0n) is 11.7. The first kappa shape index (κ1) is 14.6. The van der Waals surface area contributed by atoms with Crippen LogP contribution in [0, 0.1) is 0 Å². The molecule has 22 heavy (non-hydrogen) atoms. The standard InChI is InChI=1S/C13H13BrN6O2/c1-8(12(21)19-7-6-15-13(19)22)20-17-11(16-18-20)9-2-4-10(14)5-3-9/h2-5,8H,6-7H2,1H3,(H,15,22)/t8-/m1/s1. The van der Waals surface area contributed by atoms with Crippen LogP contribution in [0.5, 0.6) is 0 Å². The predicted molar refractivity (Wildman–Crippen MR) is 80.8 cm³/mol. The molecule has 0 aliphatic carbocycles. The molecule has 0 saturated carbocycles. The highest BCUT2D eigenvalue weighted by Gasteiger charge is 2.31. The van der Waals surface area contributed by atoms with E-state index in [2.05, 4.69) is 36.7 Å². The number of hydrogen-bond donors (Lipinski definition) is 1. The van der Waals surface area contributed by atoms with E-state index in [-0.39, 0.29) is 11.9 Å². The number of urea groups is 1. The average molecular weight is 365 g/mol. The molecule has 8 nitrogen and oxygen atoms in total. The largest absolute Gasteiger partial charge is 0.336 e. The van der Waals surface area contributed by atoms with E-state index in [9.17, 15) is 9.59 Å². The van der Waals surface area contributed by atoms with Crippen LogP contribution in [0.3, 0.4) is 0 Å². The normalized spacial score (nSPS) is 15.7. The van der Waals surface area contributed by atoms with Gasteiger partial charge in [-0.1, -0.05) is 15.9 Å². The van der Waals surface area contributed by atoms with Crippen molar-refractivity contribution in [1.29, 1.82) is 0 Å². The molecule has 1 atom stereocenters. The molecule has 1 aliphatic rings. The Bertz CT molecular complexity index is 714. The highest BCUT2D eigenvalue weighted by molar-refractivity contribution is 9.10. The first-order valence-electron chi connectivity index (χ1n) is 6.71. The van der Waals surface area contributed by atoms with Gasteiger partial charge in [-0.3, -0.25) is 9.69 Å². The Hall–Kier alpha value is -2.29. The third-order valence-electron chi connectivity index (χ3n) is 3.36. The second-order valence-corrected chi connectivity index (χ2v) is 5.75. The number of nitrogens with one attached hydrogen (secondary N) is 1. The van der Waals surface area contributed by atoms with E-state index >= 15 is 0 Å². The number of imide groups is 1. The van der Waals surface area contributed by atoms with E-state index in [1.807, 2.05) is 24.3 Å². The lowest BCUT2D eigenvalue weighted by atomic mass is 10.2. The Morgan fingerprint density at radius 3 is 2.73 bits per heavy atom. The lowest BCUT2D eigenvalue weighted by Crippen LogP contribution is -2.39. The van der Waals surface area contributed by atoms with Crippen molar-refractivity contribution in [3.8, 4) is 11.4 Å². The van der Waals surface area contributed by atoms with Crippen molar-refractivity contribution in [2.24, 2.45) is 0 Å². The lowest BCUT2D eigenvalue weighted by Gasteiger charge is -2.16. The topological polar surface area (TPSA) is 93.0 Å². The molecule has 1 aromatic carbocycles. The summed E-state index contributed by atoms with van der Waals surface area (Å²) in [5, 5.41) is 14.7. The molecule has 0 spiro atoms. The second kappa shape index (κ2) is 5.84. The van der Waals surface area contributed by atoms with Gasteiger partial charge in [0, 0.05) is 23.1 Å². The molecule has 1 N–H and O–H groups in total. The summed E-state index contributed by atoms with van der Waals surface area (Å²) in [6.07, 6.45) is 0. The Labute approximate surface area is 134 Å². The summed E-state index contributed by atoms with van der Waals surface area (Å²) in [5.74, 6) is 0.0766. The fourth-order valence-corrected chi connectivity index (χ4v) is 2.37. The first-order valence-corrected chi connectivity index (χ1v) is 7.50. The number of amides is 3. The molecule has 1 aromatic heterocycles. The minimum atomic E-state index is -0.694. The number of hydrogen-bond acceptors (Lipinski definition) is 5. The van der Waals surface area contributed by atoms with E-state index < -0.39 is 6.04 Å². The third-order valence-corrected chi connectivity index (χ3v) is 3.89. The van der Waals surface area contributed by atoms with Crippen LogP contribution in [0.1, 0.15) is 13.0 Å². The predicted octanol–water partition coefficient (Wildman–Crippen LogP) is 1.22. The summed E-state index contributed by atoms with van der Waals surface area (Å²) in [4.78, 5) is 26.2. The minimum Gasteiger partial charge on any atom is -0.336 e. The van der Waals surface area contributed by atoms with Crippen LogP contribution < -0.4 is 5.32 Å². The minimum absolute atomic E-state index is 0.352. The molecule has 0 bridgehead atoms. The summed E-state index contributed by atoms with van der Waals surface area (Å²) < 4.78 is 0.951. The van der Waals surface area contributed by atoms with Crippen molar-refractivity contribution in [2.75, 3.05) is 13.1 Å². The number of tetrazole rings is 1. The molecular weight excluding hydrogens is 352 g/mol. The Kier molecular flexibility index (Phi) is 3.88. The van der Waals surface area contributed by atoms with Gasteiger partial charge in [0.15, 0.2) is 0 Å². The van der Waals surface area contributed by atoms with Crippen molar-refractivity contribution in [3.05, 3.63) is 28.7 Å². The van der Waals surface area contributed by atoms with Crippen molar-refractivity contribution < 1.29 is 9.59 Å². The molecule has 1 fully saturated rings. The molecule has 3 rings (SSSR count). The summed E-state index contributed by atoms with van der Waals surface area (Å²) in [6.45, 7) is 2.46. The van der Waals surface area contributed by atoms with Gasteiger partial charge >= 0.3 is 6.03 Å². The quantitative estimate of drug-likeness (QED) is 0.883. The maximum absolute atomic E-state index is 12.3. The number of benzene rings is 1. The van der Waals surface area contributed by atoms with Gasteiger partial charge < -0.3 is 5.32 Å². The molecule has 3 amide bonds. The zero-order chi connectivity index (χ0) is 15.7. The van der Waals surface area contributed by atoms with Crippen LogP contribution in [0.2, 0.25) is 0 Å². The first-order chi connectivity index (χ1) is 10.6. The smallest absolute Gasteiger partial charge is 0.324 e. The number of carbonyl (C=O) groups excluding carboxylic acids is 2. The molecule has 2 aromatic rings. The lowest BCUT2D eigenvalue weighted by molar-refractivity contribution is -0.131. The maximum atomic E-state index is 12.3. The summed E-state index contributed by atoms with van der Waals surface area (Å²) in [5.41, 5.74) is 0.799. The van der Waals surface area contributed by atoms with Crippen LogP contribution in [-0.2, 0) is 4.79 Å². The van der Waals surface area contributed by atoms with Crippen LogP contribution in [0.15, 0.2) is 28.7 Å². The van der Waals surface area contributed by atoms with Gasteiger partial charge in [0.1, 0.15) is 6.04 Å². The van der Waals surface area contributed by atoms with Crippen molar-refractivity contribution >= 4 is 27.9 Å². The SMILES string of the molecule is C[C@H](C(=O)N1CCNC1=O)n1nnc(-c2ccc(Br)cc2)n1. The van der Waals surface area contributed by atoms with Crippen molar-refractivity contribution in [3.63, 3.8) is 0 Å². The van der Waals surface area contributed by atoms with E-state index in [1.165, 1.54) is 4.80 Å². The molecule has 1 saturated heterocycles. The Morgan fingerprint density at radius 1 is 1.36 bits per heavy atom. The molecule has 0 unspecified atom stereocenters. The van der Waals surface area contributed by atoms with Gasteiger partial charge in [-0.15, -0.1) is 10.2 Å². The van der Waals surface area contributed by atoms with Gasteiger partial charge in [0.2, 0.25) is 5.82 Å². The van der Waals surface area contributed by atoms with Crippen LogP contribution in [-0.4, -0.2) is 50.1 Å². The summed E-state index contributed by atoms with van der Waals surface area (Å²) in [7, 11) is 0. The molecule has 0 radical (unpaired) electrons. The average Bonchev–Trinajstić information content (AvgIpc) is 3.15. The van der Waals surface area contributed by atoms with Gasteiger partial charge in [0.05, 0.1) is 0 Å². The fourth-order valence-electron chi connectivity index (χ4n) is 2.11. The molecule has 9 heteroatoms. The number of nitrogens with zero attached hydrogens (tertiary/aromatic N) is 5. The Morgan fingerprint density at radius 2 is 2.09 bits per heavy atom. The van der Waals surface area contributed by atoms with Gasteiger partial charge in [0.25, 0.3) is 5.91 Å². The third kappa shape index (κ3) is 2.71. The van der Waals surface area contributed by atoms with E-state index in [0.29, 0.717) is 18.9 Å². The van der Waals surface area contributed by atoms with Crippen molar-refractivity contribution in [2.45, 2.75) is 13.0 Å². The Balaban J connectivity index is 1.79. The number of rotatable bonds is 3. The fraction of sp³-hybridized carbons (Fsp3) is 0.308. The van der Waals surface area contributed by atoms with Gasteiger partial charge in [-0.25, -0.2) is 4.79 Å². The van der Waals surface area contributed by atoms with Crippen molar-refractivity contribution in [1.82, 2.24) is 30.4 Å². The number of aromatic nitrogens is 4. The summed E-state index contributed by atoms with van der Waals surface area (Å²) in [6, 6.07) is 6.38. The molecule has 1 aliphatic heterocycles. The van der Waals surface area contributed by atoms with Gasteiger partial charge in [-0.05, 0) is 36.4 Å². The maximum Gasteiger partial charge on any atom is 0.324 e. The van der Waals surface area contributed by atoms with Crippen LogP contribution >= 0.6 is 15.9 Å².